The molecule has 19 heavy (non-hydrogen) atoms. The molecule has 7 heteroatoms. The molecule has 2 aromatic rings. The highest BCUT2D eigenvalue weighted by Gasteiger charge is 2.16. The Balaban J connectivity index is 2.39. The molecule has 3 N–H and O–H groups in total. The van der Waals surface area contributed by atoms with Gasteiger partial charge in [0.1, 0.15) is 0 Å². The predicted octanol–water partition coefficient (Wildman–Crippen LogP) is 3.49. The second kappa shape index (κ2) is 5.40. The molecule has 0 aliphatic rings. The van der Waals surface area contributed by atoms with Crippen LogP contribution in [0.15, 0.2) is 51.8 Å². The van der Waals surface area contributed by atoms with Gasteiger partial charge in [0.2, 0.25) is 0 Å². The highest BCUT2D eigenvalue weighted by molar-refractivity contribution is 9.10. The van der Waals surface area contributed by atoms with Crippen LogP contribution in [-0.2, 0) is 10.0 Å². The maximum Gasteiger partial charge on any atom is 0.262 e. The van der Waals surface area contributed by atoms with Gasteiger partial charge in [0.05, 0.1) is 15.6 Å². The standard InChI is InChI=1S/C12H10BrClN2O2S/c13-8-4-5-11(14)12(6-8)16-19(17,18)10-3-1-2-9(15)7-10/h1-7,16H,15H2. The second-order valence-electron chi connectivity index (χ2n) is 3.80. The van der Waals surface area contributed by atoms with E-state index in [0.717, 1.165) is 4.47 Å². The Morgan fingerprint density at radius 2 is 1.89 bits per heavy atom. The molecule has 0 atom stereocenters. The lowest BCUT2D eigenvalue weighted by atomic mass is 10.3. The van der Waals surface area contributed by atoms with Crippen LogP contribution in [0, 0.1) is 0 Å². The molecular formula is C12H10BrClN2O2S. The van der Waals surface area contributed by atoms with Gasteiger partial charge >= 0.3 is 0 Å². The Morgan fingerprint density at radius 3 is 2.58 bits per heavy atom. The van der Waals surface area contributed by atoms with Crippen molar-refractivity contribution in [3.8, 4) is 0 Å². The molecule has 0 saturated heterocycles. The van der Waals surface area contributed by atoms with Crippen molar-refractivity contribution < 1.29 is 8.42 Å². The molecule has 2 rings (SSSR count). The first-order valence-electron chi connectivity index (χ1n) is 5.22. The van der Waals surface area contributed by atoms with E-state index >= 15 is 0 Å². The molecule has 0 unspecified atom stereocenters. The van der Waals surface area contributed by atoms with Gasteiger partial charge in [0, 0.05) is 10.2 Å². The predicted molar refractivity (Wildman–Crippen MR) is 80.8 cm³/mol. The number of hydrogen-bond donors (Lipinski definition) is 2. The summed E-state index contributed by atoms with van der Waals surface area (Å²) < 4.78 is 27.5. The van der Waals surface area contributed by atoms with E-state index in [2.05, 4.69) is 20.7 Å². The smallest absolute Gasteiger partial charge is 0.262 e. The van der Waals surface area contributed by atoms with Crippen molar-refractivity contribution in [2.75, 3.05) is 10.5 Å². The van der Waals surface area contributed by atoms with Crippen LogP contribution in [0.3, 0.4) is 0 Å². The van der Waals surface area contributed by atoms with E-state index in [0.29, 0.717) is 16.4 Å². The van der Waals surface area contributed by atoms with Crippen molar-refractivity contribution >= 4 is 48.9 Å². The molecule has 2 aromatic carbocycles. The normalized spacial score (nSPS) is 11.3. The molecule has 0 aromatic heterocycles. The minimum atomic E-state index is -3.71. The summed E-state index contributed by atoms with van der Waals surface area (Å²) in [6, 6.07) is 11.0. The van der Waals surface area contributed by atoms with Crippen LogP contribution in [0.4, 0.5) is 11.4 Å². The number of nitrogens with two attached hydrogens (primary N) is 1. The van der Waals surface area contributed by atoms with E-state index in [9.17, 15) is 8.42 Å². The molecule has 0 bridgehead atoms. The van der Waals surface area contributed by atoms with Gasteiger partial charge < -0.3 is 5.73 Å². The zero-order chi connectivity index (χ0) is 14.0. The molecule has 4 nitrogen and oxygen atoms in total. The number of nitrogens with one attached hydrogen (secondary N) is 1. The van der Waals surface area contributed by atoms with Crippen molar-refractivity contribution in [1.29, 1.82) is 0 Å². The summed E-state index contributed by atoms with van der Waals surface area (Å²) in [5.74, 6) is 0. The molecule has 0 spiro atoms. The zero-order valence-corrected chi connectivity index (χ0v) is 12.8. The summed E-state index contributed by atoms with van der Waals surface area (Å²) >= 11 is 9.21. The zero-order valence-electron chi connectivity index (χ0n) is 9.60. The van der Waals surface area contributed by atoms with Crippen molar-refractivity contribution in [1.82, 2.24) is 0 Å². The minimum Gasteiger partial charge on any atom is -0.399 e. The van der Waals surface area contributed by atoms with Crippen LogP contribution in [0.1, 0.15) is 0 Å². The molecular weight excluding hydrogens is 352 g/mol. The first-order chi connectivity index (χ1) is 8.88. The van der Waals surface area contributed by atoms with Gasteiger partial charge in [-0.3, -0.25) is 4.72 Å². The van der Waals surface area contributed by atoms with E-state index in [1.165, 1.54) is 12.1 Å². The third-order valence-electron chi connectivity index (χ3n) is 2.34. The molecule has 0 amide bonds. The fraction of sp³-hybridized carbons (Fsp3) is 0. The number of anilines is 2. The first-order valence-corrected chi connectivity index (χ1v) is 7.87. The summed E-state index contributed by atoms with van der Waals surface area (Å²) in [6.07, 6.45) is 0. The SMILES string of the molecule is Nc1cccc(S(=O)(=O)Nc2cc(Br)ccc2Cl)c1. The monoisotopic (exact) mass is 360 g/mol. The van der Waals surface area contributed by atoms with Crippen molar-refractivity contribution in [2.45, 2.75) is 4.90 Å². The second-order valence-corrected chi connectivity index (χ2v) is 6.81. The van der Waals surface area contributed by atoms with Crippen LogP contribution in [0.2, 0.25) is 5.02 Å². The van der Waals surface area contributed by atoms with Crippen molar-refractivity contribution in [2.24, 2.45) is 0 Å². The van der Waals surface area contributed by atoms with E-state index < -0.39 is 10.0 Å². The van der Waals surface area contributed by atoms with Crippen LogP contribution in [0.5, 0.6) is 0 Å². The Bertz CT molecular complexity index is 719. The number of nitrogen functional groups attached to an aromatic ring is 1. The Morgan fingerprint density at radius 1 is 1.16 bits per heavy atom. The van der Waals surface area contributed by atoms with E-state index in [1.807, 2.05) is 0 Å². The largest absolute Gasteiger partial charge is 0.399 e. The van der Waals surface area contributed by atoms with Gasteiger partial charge in [-0.15, -0.1) is 0 Å². The number of rotatable bonds is 3. The van der Waals surface area contributed by atoms with Gasteiger partial charge in [-0.2, -0.15) is 0 Å². The Labute approximate surface area is 124 Å². The van der Waals surface area contributed by atoms with Gasteiger partial charge in [0.15, 0.2) is 0 Å². The van der Waals surface area contributed by atoms with Crippen LogP contribution in [-0.4, -0.2) is 8.42 Å². The third kappa shape index (κ3) is 3.40. The van der Waals surface area contributed by atoms with Gasteiger partial charge in [-0.05, 0) is 36.4 Å². The average molecular weight is 362 g/mol. The van der Waals surface area contributed by atoms with Crippen LogP contribution < -0.4 is 10.5 Å². The number of sulfonamides is 1. The summed E-state index contributed by atoms with van der Waals surface area (Å²) in [5, 5.41) is 0.315. The lowest BCUT2D eigenvalue weighted by Gasteiger charge is -2.10. The molecule has 0 aliphatic carbocycles. The number of benzene rings is 2. The molecule has 0 fully saturated rings. The number of halogens is 2. The average Bonchev–Trinajstić information content (AvgIpc) is 2.33. The molecule has 0 aliphatic heterocycles. The molecule has 100 valence electrons. The highest BCUT2D eigenvalue weighted by Crippen LogP contribution is 2.28. The topological polar surface area (TPSA) is 72.2 Å². The van der Waals surface area contributed by atoms with Crippen molar-refractivity contribution in [3.05, 3.63) is 52.0 Å². The number of hydrogen-bond acceptors (Lipinski definition) is 3. The summed E-state index contributed by atoms with van der Waals surface area (Å²) in [7, 11) is -3.71. The van der Waals surface area contributed by atoms with Gasteiger partial charge in [0.25, 0.3) is 10.0 Å². The molecule has 0 saturated carbocycles. The van der Waals surface area contributed by atoms with Gasteiger partial charge in [-0.25, -0.2) is 8.42 Å². The van der Waals surface area contributed by atoms with Crippen molar-refractivity contribution in [3.63, 3.8) is 0 Å². The fourth-order valence-electron chi connectivity index (χ4n) is 1.46. The first kappa shape index (κ1) is 14.2. The van der Waals surface area contributed by atoms with E-state index in [-0.39, 0.29) is 4.90 Å². The maximum atomic E-state index is 12.2. The highest BCUT2D eigenvalue weighted by atomic mass is 79.9. The molecule has 0 radical (unpaired) electrons. The summed E-state index contributed by atoms with van der Waals surface area (Å²) in [6.45, 7) is 0. The Kier molecular flexibility index (Phi) is 4.03. The lowest BCUT2D eigenvalue weighted by Crippen LogP contribution is -2.13. The van der Waals surface area contributed by atoms with Crippen LogP contribution in [0.25, 0.3) is 0 Å². The third-order valence-corrected chi connectivity index (χ3v) is 4.53. The minimum absolute atomic E-state index is 0.0866. The lowest BCUT2D eigenvalue weighted by molar-refractivity contribution is 0.601. The summed E-state index contributed by atoms with van der Waals surface area (Å²) in [5.41, 5.74) is 6.26. The van der Waals surface area contributed by atoms with Gasteiger partial charge in [-0.1, -0.05) is 33.6 Å². The van der Waals surface area contributed by atoms with E-state index in [1.54, 1.807) is 30.3 Å². The molecule has 0 heterocycles. The maximum absolute atomic E-state index is 12.2. The van der Waals surface area contributed by atoms with Crippen LogP contribution >= 0.6 is 27.5 Å². The Hall–Kier alpha value is -1.24. The van der Waals surface area contributed by atoms with E-state index in [4.69, 9.17) is 17.3 Å². The quantitative estimate of drug-likeness (QED) is 0.822. The fourth-order valence-corrected chi connectivity index (χ4v) is 3.17. The summed E-state index contributed by atoms with van der Waals surface area (Å²) in [4.78, 5) is 0.0866.